The van der Waals surface area contributed by atoms with E-state index >= 15 is 0 Å². The molecular weight excluding hydrogens is 346 g/mol. The van der Waals surface area contributed by atoms with Crippen molar-refractivity contribution in [2.75, 3.05) is 19.6 Å². The Hall–Kier alpha value is -2.67. The van der Waals surface area contributed by atoms with Crippen molar-refractivity contribution in [3.8, 4) is 0 Å². The number of allylic oxidation sites excluding steroid dienone is 1. The number of nitrogens with zero attached hydrogens (tertiary/aromatic N) is 2. The van der Waals surface area contributed by atoms with Gasteiger partial charge in [0.1, 0.15) is 5.52 Å². The highest BCUT2D eigenvalue weighted by Gasteiger charge is 2.34. The van der Waals surface area contributed by atoms with E-state index in [4.69, 9.17) is 9.52 Å². The van der Waals surface area contributed by atoms with Crippen LogP contribution < -0.4 is 5.32 Å². The predicted molar refractivity (Wildman–Crippen MR) is 102 cm³/mol. The lowest BCUT2D eigenvalue weighted by Crippen LogP contribution is -2.57. The SMILES string of the molecule is C/C=C/C(=O)O.Cc1nc2cc(C(=O)N[C@H]3CN4CCC3CC4)ccc2o1. The van der Waals surface area contributed by atoms with Crippen LogP contribution in [0.15, 0.2) is 34.8 Å². The van der Waals surface area contributed by atoms with Gasteiger partial charge in [0.25, 0.3) is 5.91 Å². The standard InChI is InChI=1S/C16H19N3O2.C4H6O2/c1-10-17-13-8-12(2-3-15(13)21-10)16(20)18-14-9-19-6-4-11(14)5-7-19;1-2-3-4(5)6/h2-3,8,11,14H,4-7,9H2,1H3,(H,18,20);2-3H,1H3,(H,5,6)/b;3-2+/t14-;/m0./s1. The van der Waals surface area contributed by atoms with Crippen molar-refractivity contribution in [1.29, 1.82) is 0 Å². The molecule has 2 N–H and O–H groups in total. The van der Waals surface area contributed by atoms with E-state index in [0.29, 0.717) is 17.4 Å². The molecule has 1 aromatic carbocycles. The smallest absolute Gasteiger partial charge is 0.327 e. The van der Waals surface area contributed by atoms with Crippen LogP contribution in [0.3, 0.4) is 0 Å². The summed E-state index contributed by atoms with van der Waals surface area (Å²) in [6, 6.07) is 5.72. The predicted octanol–water partition coefficient (Wildman–Crippen LogP) is 2.61. The summed E-state index contributed by atoms with van der Waals surface area (Å²) in [5.41, 5.74) is 2.13. The number of oxazole rings is 1. The average Bonchev–Trinajstić information content (AvgIpc) is 3.02. The summed E-state index contributed by atoms with van der Waals surface area (Å²) < 4.78 is 5.44. The quantitative estimate of drug-likeness (QED) is 0.805. The Labute approximate surface area is 158 Å². The van der Waals surface area contributed by atoms with Crippen molar-refractivity contribution in [3.05, 3.63) is 41.8 Å². The summed E-state index contributed by atoms with van der Waals surface area (Å²) in [5.74, 6) is 0.366. The molecule has 144 valence electrons. The zero-order chi connectivity index (χ0) is 19.4. The first kappa shape index (κ1) is 19.1. The highest BCUT2D eigenvalue weighted by molar-refractivity contribution is 5.97. The minimum atomic E-state index is -0.891. The molecule has 7 nitrogen and oxygen atoms in total. The number of benzene rings is 1. The van der Waals surface area contributed by atoms with Gasteiger partial charge in [-0.3, -0.25) is 4.79 Å². The lowest BCUT2D eigenvalue weighted by atomic mass is 9.84. The van der Waals surface area contributed by atoms with Crippen LogP contribution in [-0.4, -0.2) is 52.5 Å². The largest absolute Gasteiger partial charge is 0.478 e. The van der Waals surface area contributed by atoms with Gasteiger partial charge in [0.15, 0.2) is 11.5 Å². The van der Waals surface area contributed by atoms with Gasteiger partial charge in [0.2, 0.25) is 0 Å². The normalized spacial score (nSPS) is 23.9. The summed E-state index contributed by atoms with van der Waals surface area (Å²) in [4.78, 5) is 28.7. The first-order valence-electron chi connectivity index (χ1n) is 9.22. The van der Waals surface area contributed by atoms with Gasteiger partial charge >= 0.3 is 5.97 Å². The van der Waals surface area contributed by atoms with Crippen LogP contribution in [0, 0.1) is 12.8 Å². The molecule has 3 saturated heterocycles. The molecule has 27 heavy (non-hydrogen) atoms. The molecule has 4 heterocycles. The molecule has 1 atom stereocenters. The maximum atomic E-state index is 12.5. The lowest BCUT2D eigenvalue weighted by molar-refractivity contribution is -0.131. The molecule has 0 radical (unpaired) electrons. The van der Waals surface area contributed by atoms with Gasteiger partial charge in [-0.15, -0.1) is 0 Å². The van der Waals surface area contributed by atoms with Crippen molar-refractivity contribution in [2.24, 2.45) is 5.92 Å². The number of amides is 1. The van der Waals surface area contributed by atoms with Crippen molar-refractivity contribution in [3.63, 3.8) is 0 Å². The fraction of sp³-hybridized carbons (Fsp3) is 0.450. The summed E-state index contributed by atoms with van der Waals surface area (Å²) >= 11 is 0. The Morgan fingerprint density at radius 2 is 2.07 bits per heavy atom. The van der Waals surface area contributed by atoms with Crippen LogP contribution in [0.4, 0.5) is 0 Å². The van der Waals surface area contributed by atoms with Gasteiger partial charge in [-0.25, -0.2) is 9.78 Å². The molecule has 5 rings (SSSR count). The molecule has 0 aliphatic carbocycles. The Bertz CT molecular complexity index is 850. The molecule has 1 amide bonds. The number of rotatable bonds is 3. The van der Waals surface area contributed by atoms with Gasteiger partial charge in [0, 0.05) is 31.1 Å². The molecule has 3 aliphatic heterocycles. The fourth-order valence-electron chi connectivity index (χ4n) is 3.71. The van der Waals surface area contributed by atoms with E-state index in [1.54, 1.807) is 6.92 Å². The molecule has 0 spiro atoms. The summed E-state index contributed by atoms with van der Waals surface area (Å²) in [6.07, 6.45) is 4.96. The molecule has 2 aromatic rings. The highest BCUT2D eigenvalue weighted by atomic mass is 16.4. The number of hydrogen-bond acceptors (Lipinski definition) is 5. The van der Waals surface area contributed by atoms with Gasteiger partial charge in [-0.1, -0.05) is 6.08 Å². The van der Waals surface area contributed by atoms with Gasteiger partial charge in [-0.05, 0) is 57.0 Å². The minimum Gasteiger partial charge on any atom is -0.478 e. The van der Waals surface area contributed by atoms with Crippen LogP contribution in [0.1, 0.15) is 36.0 Å². The molecule has 7 heteroatoms. The minimum absolute atomic E-state index is 0.00342. The average molecular weight is 371 g/mol. The number of aryl methyl sites for hydroxylation is 1. The zero-order valence-electron chi connectivity index (χ0n) is 15.6. The second-order valence-corrected chi connectivity index (χ2v) is 6.97. The highest BCUT2D eigenvalue weighted by Crippen LogP contribution is 2.27. The number of aromatic nitrogens is 1. The van der Waals surface area contributed by atoms with Crippen LogP contribution in [0.5, 0.6) is 0 Å². The third-order valence-electron chi connectivity index (χ3n) is 5.04. The Balaban J connectivity index is 0.000000307. The molecule has 2 bridgehead atoms. The lowest BCUT2D eigenvalue weighted by Gasteiger charge is -2.44. The van der Waals surface area contributed by atoms with Crippen LogP contribution in [0.2, 0.25) is 0 Å². The maximum absolute atomic E-state index is 12.5. The molecular formula is C20H25N3O4. The Morgan fingerprint density at radius 3 is 2.63 bits per heavy atom. The van der Waals surface area contributed by atoms with Crippen molar-refractivity contribution in [2.45, 2.75) is 32.7 Å². The number of nitrogens with one attached hydrogen (secondary N) is 1. The number of fused-ring (bicyclic) bond motifs is 4. The van der Waals surface area contributed by atoms with E-state index in [1.807, 2.05) is 25.1 Å². The number of carbonyl (C=O) groups excluding carboxylic acids is 1. The van der Waals surface area contributed by atoms with Gasteiger partial charge in [0.05, 0.1) is 0 Å². The number of piperidine rings is 3. The molecule has 3 aliphatic rings. The van der Waals surface area contributed by atoms with E-state index in [1.165, 1.54) is 32.0 Å². The van der Waals surface area contributed by atoms with Gasteiger partial charge < -0.3 is 19.7 Å². The fourth-order valence-corrected chi connectivity index (χ4v) is 3.71. The third-order valence-corrected chi connectivity index (χ3v) is 5.04. The van der Waals surface area contributed by atoms with Crippen molar-refractivity contribution in [1.82, 2.24) is 15.2 Å². The number of carboxylic acid groups (broad SMARTS) is 1. The molecule has 0 unspecified atom stereocenters. The zero-order valence-corrected chi connectivity index (χ0v) is 15.6. The number of aliphatic carboxylic acids is 1. The van der Waals surface area contributed by atoms with Crippen LogP contribution in [-0.2, 0) is 4.79 Å². The van der Waals surface area contributed by atoms with E-state index in [0.717, 1.165) is 23.7 Å². The maximum Gasteiger partial charge on any atom is 0.327 e. The second kappa shape index (κ2) is 8.35. The van der Waals surface area contributed by atoms with Crippen LogP contribution >= 0.6 is 0 Å². The van der Waals surface area contributed by atoms with Gasteiger partial charge in [-0.2, -0.15) is 0 Å². The summed E-state index contributed by atoms with van der Waals surface area (Å²) in [5, 5.41) is 11.0. The van der Waals surface area contributed by atoms with E-state index < -0.39 is 5.97 Å². The van der Waals surface area contributed by atoms with Crippen LogP contribution in [0.25, 0.3) is 11.1 Å². The molecule has 1 aromatic heterocycles. The van der Waals surface area contributed by atoms with E-state index in [-0.39, 0.29) is 11.9 Å². The summed E-state index contributed by atoms with van der Waals surface area (Å²) in [7, 11) is 0. The first-order valence-corrected chi connectivity index (χ1v) is 9.22. The number of carboxylic acids is 1. The number of carbonyl (C=O) groups is 2. The van der Waals surface area contributed by atoms with E-state index in [9.17, 15) is 9.59 Å². The van der Waals surface area contributed by atoms with E-state index in [2.05, 4.69) is 15.2 Å². The molecule has 0 saturated carbocycles. The molecule has 3 fully saturated rings. The Morgan fingerprint density at radius 1 is 1.33 bits per heavy atom. The summed E-state index contributed by atoms with van der Waals surface area (Å²) in [6.45, 7) is 6.82. The van der Waals surface area contributed by atoms with Crippen molar-refractivity contribution >= 4 is 23.0 Å². The first-order chi connectivity index (χ1) is 13.0. The third kappa shape index (κ3) is 4.74. The monoisotopic (exact) mass is 371 g/mol. The number of hydrogen-bond donors (Lipinski definition) is 2. The van der Waals surface area contributed by atoms with Crippen molar-refractivity contribution < 1.29 is 19.1 Å². The topological polar surface area (TPSA) is 95.7 Å². The second-order valence-electron chi connectivity index (χ2n) is 6.97. The Kier molecular flexibility index (Phi) is 5.91.